The van der Waals surface area contributed by atoms with Crippen molar-refractivity contribution in [1.82, 2.24) is 4.98 Å². The first-order valence-electron chi connectivity index (χ1n) is 9.08. The number of benzene rings is 2. The average molecular weight is 398 g/mol. The number of nitrogens with zero attached hydrogens (tertiary/aromatic N) is 4. The summed E-state index contributed by atoms with van der Waals surface area (Å²) in [5.41, 5.74) is 2.57. The molecule has 2 aromatic carbocycles. The van der Waals surface area contributed by atoms with Crippen LogP contribution >= 0.6 is 0 Å². The number of aromatic nitrogens is 1. The van der Waals surface area contributed by atoms with Crippen molar-refractivity contribution in [1.29, 1.82) is 5.26 Å². The van der Waals surface area contributed by atoms with Crippen molar-refractivity contribution in [3.05, 3.63) is 60.0 Å². The number of alkyl halides is 2. The number of ether oxygens (including phenoxy) is 1. The molecule has 1 aliphatic rings. The summed E-state index contributed by atoms with van der Waals surface area (Å²) in [6.07, 6.45) is 1.50. The van der Waals surface area contributed by atoms with Gasteiger partial charge in [0, 0.05) is 43.4 Å². The van der Waals surface area contributed by atoms with Gasteiger partial charge in [0.15, 0.2) is 0 Å². The molecule has 2 heterocycles. The summed E-state index contributed by atoms with van der Waals surface area (Å²) < 4.78 is 42.9. The molecule has 0 N–H and O–H groups in total. The van der Waals surface area contributed by atoms with Gasteiger partial charge in [-0.25, -0.2) is 4.39 Å². The van der Waals surface area contributed by atoms with Gasteiger partial charge < -0.3 is 14.5 Å². The molecule has 0 bridgehead atoms. The van der Waals surface area contributed by atoms with Crippen molar-refractivity contribution in [2.75, 3.05) is 36.0 Å². The maximum absolute atomic E-state index is 13.2. The second-order valence-electron chi connectivity index (χ2n) is 6.64. The van der Waals surface area contributed by atoms with Crippen LogP contribution in [0.15, 0.2) is 48.7 Å². The lowest BCUT2D eigenvalue weighted by molar-refractivity contribution is -0.0497. The maximum atomic E-state index is 13.2. The standard InChI is InChI=1S/C21H17F3N4O/c22-15-1-3-16(4-2-15)27-7-9-28(10-8-27)20-14(12-25)13-26-19-6-5-17(11-18(19)20)29-21(23)24/h1-6,11,13,21H,7-10H2. The lowest BCUT2D eigenvalue weighted by Crippen LogP contribution is -2.46. The summed E-state index contributed by atoms with van der Waals surface area (Å²) in [4.78, 5) is 8.45. The molecule has 4 rings (SSSR count). The first kappa shape index (κ1) is 18.9. The van der Waals surface area contributed by atoms with E-state index in [0.29, 0.717) is 48.3 Å². The second kappa shape index (κ2) is 7.87. The van der Waals surface area contributed by atoms with Crippen molar-refractivity contribution in [3.63, 3.8) is 0 Å². The van der Waals surface area contributed by atoms with Crippen molar-refractivity contribution >= 4 is 22.3 Å². The van der Waals surface area contributed by atoms with Gasteiger partial charge >= 0.3 is 6.61 Å². The van der Waals surface area contributed by atoms with Crippen LogP contribution in [0.5, 0.6) is 5.75 Å². The molecule has 1 aromatic heterocycles. The lowest BCUT2D eigenvalue weighted by atomic mass is 10.1. The SMILES string of the molecule is N#Cc1cnc2ccc(OC(F)F)cc2c1N1CCN(c2ccc(F)cc2)CC1. The molecule has 1 saturated heterocycles. The van der Waals surface area contributed by atoms with Gasteiger partial charge in [-0.3, -0.25) is 4.98 Å². The number of pyridine rings is 1. The van der Waals surface area contributed by atoms with Crippen LogP contribution in [0.25, 0.3) is 10.9 Å². The highest BCUT2D eigenvalue weighted by Crippen LogP contribution is 2.33. The average Bonchev–Trinajstić information content (AvgIpc) is 2.73. The van der Waals surface area contributed by atoms with Gasteiger partial charge in [-0.05, 0) is 42.5 Å². The Bertz CT molecular complexity index is 1060. The van der Waals surface area contributed by atoms with Crippen molar-refractivity contribution in [2.45, 2.75) is 6.61 Å². The van der Waals surface area contributed by atoms with Crippen molar-refractivity contribution in [2.24, 2.45) is 0 Å². The summed E-state index contributed by atoms with van der Waals surface area (Å²) in [7, 11) is 0. The quantitative estimate of drug-likeness (QED) is 0.660. The number of rotatable bonds is 4. The molecule has 0 spiro atoms. The van der Waals surface area contributed by atoms with E-state index >= 15 is 0 Å². The molecule has 8 heteroatoms. The Morgan fingerprint density at radius 3 is 2.34 bits per heavy atom. The molecule has 0 amide bonds. The number of piperazine rings is 1. The van der Waals surface area contributed by atoms with E-state index in [-0.39, 0.29) is 11.6 Å². The van der Waals surface area contributed by atoms with Gasteiger partial charge in [0.1, 0.15) is 17.6 Å². The zero-order valence-electron chi connectivity index (χ0n) is 15.4. The number of fused-ring (bicyclic) bond motifs is 1. The fourth-order valence-electron chi connectivity index (χ4n) is 3.60. The van der Waals surface area contributed by atoms with E-state index in [4.69, 9.17) is 0 Å². The predicted molar refractivity (Wildman–Crippen MR) is 104 cm³/mol. The molecule has 5 nitrogen and oxygen atoms in total. The molecule has 0 unspecified atom stereocenters. The van der Waals surface area contributed by atoms with E-state index in [1.54, 1.807) is 18.2 Å². The van der Waals surface area contributed by atoms with Crippen LogP contribution in [-0.4, -0.2) is 37.8 Å². The largest absolute Gasteiger partial charge is 0.435 e. The zero-order chi connectivity index (χ0) is 20.4. The van der Waals surface area contributed by atoms with Crippen LogP contribution in [0.4, 0.5) is 24.5 Å². The fraction of sp³-hybridized carbons (Fsp3) is 0.238. The van der Waals surface area contributed by atoms with Gasteiger partial charge in [-0.15, -0.1) is 0 Å². The van der Waals surface area contributed by atoms with E-state index < -0.39 is 6.61 Å². The van der Waals surface area contributed by atoms with Crippen LogP contribution < -0.4 is 14.5 Å². The van der Waals surface area contributed by atoms with Crippen molar-refractivity contribution in [3.8, 4) is 11.8 Å². The highest BCUT2D eigenvalue weighted by Gasteiger charge is 2.22. The Kier molecular flexibility index (Phi) is 5.12. The summed E-state index contributed by atoms with van der Waals surface area (Å²) in [5, 5.41) is 10.2. The Morgan fingerprint density at radius 1 is 1.00 bits per heavy atom. The Hall–Kier alpha value is -3.47. The summed E-state index contributed by atoms with van der Waals surface area (Å²) in [6, 6.07) is 13.0. The van der Waals surface area contributed by atoms with E-state index in [1.165, 1.54) is 30.5 Å². The normalized spacial score (nSPS) is 14.3. The highest BCUT2D eigenvalue weighted by atomic mass is 19.3. The molecule has 0 atom stereocenters. The summed E-state index contributed by atoms with van der Waals surface area (Å²) in [6.45, 7) is -0.348. The molecule has 0 saturated carbocycles. The molecule has 29 heavy (non-hydrogen) atoms. The van der Waals surface area contributed by atoms with Gasteiger partial charge in [0.05, 0.1) is 16.8 Å². The molecular formula is C21H17F3N4O. The number of halogens is 3. The minimum Gasteiger partial charge on any atom is -0.435 e. The van der Waals surface area contributed by atoms with E-state index in [9.17, 15) is 18.4 Å². The molecule has 0 radical (unpaired) electrons. The number of hydrogen-bond donors (Lipinski definition) is 0. The minimum atomic E-state index is -2.93. The van der Waals surface area contributed by atoms with Gasteiger partial charge in [0.2, 0.25) is 0 Å². The molecule has 3 aromatic rings. The smallest absolute Gasteiger partial charge is 0.387 e. The molecule has 1 fully saturated rings. The fourth-order valence-corrected chi connectivity index (χ4v) is 3.60. The van der Waals surface area contributed by atoms with Crippen LogP contribution in [-0.2, 0) is 0 Å². The zero-order valence-corrected chi connectivity index (χ0v) is 15.4. The lowest BCUT2D eigenvalue weighted by Gasteiger charge is -2.38. The number of hydrogen-bond acceptors (Lipinski definition) is 5. The van der Waals surface area contributed by atoms with Gasteiger partial charge in [-0.2, -0.15) is 14.0 Å². The van der Waals surface area contributed by atoms with Gasteiger partial charge in [-0.1, -0.05) is 0 Å². The summed E-state index contributed by atoms with van der Waals surface area (Å²) >= 11 is 0. The monoisotopic (exact) mass is 398 g/mol. The number of anilines is 2. The first-order chi connectivity index (χ1) is 14.0. The van der Waals surface area contributed by atoms with Crippen LogP contribution in [0.3, 0.4) is 0 Å². The number of nitriles is 1. The van der Waals surface area contributed by atoms with Crippen LogP contribution in [0.2, 0.25) is 0 Å². The highest BCUT2D eigenvalue weighted by molar-refractivity contribution is 5.95. The Labute approximate surface area is 165 Å². The van der Waals surface area contributed by atoms with E-state index in [2.05, 4.69) is 25.6 Å². The predicted octanol–water partition coefficient (Wildman–Crippen LogP) is 4.17. The second-order valence-corrected chi connectivity index (χ2v) is 6.64. The molecule has 0 aliphatic carbocycles. The van der Waals surface area contributed by atoms with Crippen molar-refractivity contribution < 1.29 is 17.9 Å². The third-order valence-electron chi connectivity index (χ3n) is 4.94. The topological polar surface area (TPSA) is 52.4 Å². The molecule has 148 valence electrons. The Balaban J connectivity index is 1.64. The minimum absolute atomic E-state index is 0.0237. The maximum Gasteiger partial charge on any atom is 0.387 e. The third-order valence-corrected chi connectivity index (χ3v) is 4.94. The third kappa shape index (κ3) is 3.90. The summed E-state index contributed by atoms with van der Waals surface area (Å²) in [5.74, 6) is -0.258. The van der Waals surface area contributed by atoms with Crippen LogP contribution in [0.1, 0.15) is 5.56 Å². The molecular weight excluding hydrogens is 381 g/mol. The molecule has 1 aliphatic heterocycles. The van der Waals surface area contributed by atoms with E-state index in [1.807, 2.05) is 0 Å². The first-order valence-corrected chi connectivity index (χ1v) is 9.08. The van der Waals surface area contributed by atoms with Crippen LogP contribution in [0, 0.1) is 17.1 Å². The Morgan fingerprint density at radius 2 is 1.69 bits per heavy atom. The van der Waals surface area contributed by atoms with Gasteiger partial charge in [0.25, 0.3) is 0 Å². The van der Waals surface area contributed by atoms with E-state index in [0.717, 1.165) is 5.69 Å².